The summed E-state index contributed by atoms with van der Waals surface area (Å²) in [6, 6.07) is 13.2. The molecule has 9 heteroatoms. The molecule has 0 saturated carbocycles. The van der Waals surface area contributed by atoms with Crippen molar-refractivity contribution in [2.45, 2.75) is 18.9 Å². The number of hydrogen-bond acceptors (Lipinski definition) is 6. The summed E-state index contributed by atoms with van der Waals surface area (Å²) in [5.74, 6) is 0.471. The van der Waals surface area contributed by atoms with Gasteiger partial charge in [-0.3, -0.25) is 9.59 Å². The summed E-state index contributed by atoms with van der Waals surface area (Å²) in [5, 5.41) is 0. The van der Waals surface area contributed by atoms with Gasteiger partial charge in [0.1, 0.15) is 29.5 Å². The number of halogens is 1. The van der Waals surface area contributed by atoms with E-state index >= 15 is 0 Å². The minimum Gasteiger partial charge on any atom is -0.490 e. The number of amides is 2. The molecule has 2 amide bonds. The van der Waals surface area contributed by atoms with E-state index in [0.29, 0.717) is 44.3 Å². The normalized spacial score (nSPS) is 20.4. The monoisotopic (exact) mass is 486 g/mol. The Morgan fingerprint density at radius 1 is 0.943 bits per heavy atom. The molecule has 188 valence electrons. The van der Waals surface area contributed by atoms with Gasteiger partial charge < -0.3 is 28.7 Å². The van der Waals surface area contributed by atoms with Gasteiger partial charge in [0.25, 0.3) is 5.91 Å². The summed E-state index contributed by atoms with van der Waals surface area (Å²) in [7, 11) is 0. The lowest BCUT2D eigenvalue weighted by Gasteiger charge is -2.43. The molecule has 0 N–H and O–H groups in total. The van der Waals surface area contributed by atoms with Crippen LogP contribution in [0.1, 0.15) is 12.0 Å². The second-order valence-corrected chi connectivity index (χ2v) is 8.81. The van der Waals surface area contributed by atoms with Crippen molar-refractivity contribution in [2.75, 3.05) is 59.2 Å². The zero-order chi connectivity index (χ0) is 24.7. The lowest BCUT2D eigenvalue weighted by molar-refractivity contribution is -0.168. The quantitative estimate of drug-likeness (QED) is 0.571. The number of ether oxygens (including phenoxy) is 4. The summed E-state index contributed by atoms with van der Waals surface area (Å²) in [5.41, 5.74) is -0.0965. The van der Waals surface area contributed by atoms with Crippen LogP contribution in [-0.4, -0.2) is 86.4 Å². The molecule has 0 bridgehead atoms. The Hall–Kier alpha value is -3.17. The highest BCUT2D eigenvalue weighted by Gasteiger charge is 2.42. The van der Waals surface area contributed by atoms with E-state index in [-0.39, 0.29) is 50.4 Å². The summed E-state index contributed by atoms with van der Waals surface area (Å²) >= 11 is 0. The number of para-hydroxylation sites is 1. The van der Waals surface area contributed by atoms with Gasteiger partial charge in [-0.05, 0) is 42.8 Å². The van der Waals surface area contributed by atoms with E-state index in [4.69, 9.17) is 18.9 Å². The van der Waals surface area contributed by atoms with Gasteiger partial charge in [-0.15, -0.1) is 0 Å². The number of morpholine rings is 2. The molecule has 2 fully saturated rings. The van der Waals surface area contributed by atoms with Crippen molar-refractivity contribution in [1.82, 2.24) is 9.80 Å². The van der Waals surface area contributed by atoms with Crippen LogP contribution in [0, 0.1) is 12.7 Å². The smallest absolute Gasteiger partial charge is 0.260 e. The highest BCUT2D eigenvalue weighted by Crippen LogP contribution is 2.26. The first-order valence-corrected chi connectivity index (χ1v) is 11.8. The van der Waals surface area contributed by atoms with Gasteiger partial charge in [0.05, 0.1) is 32.8 Å². The lowest BCUT2D eigenvalue weighted by Crippen LogP contribution is -2.59. The predicted octanol–water partition coefficient (Wildman–Crippen LogP) is 2.44. The molecule has 4 rings (SSSR count). The number of hydrogen-bond donors (Lipinski definition) is 0. The highest BCUT2D eigenvalue weighted by molar-refractivity contribution is 5.79. The Labute approximate surface area is 204 Å². The number of aryl methyl sites for hydroxylation is 1. The van der Waals surface area contributed by atoms with Crippen LogP contribution < -0.4 is 9.47 Å². The molecule has 2 heterocycles. The van der Waals surface area contributed by atoms with Crippen LogP contribution in [0.25, 0.3) is 0 Å². The van der Waals surface area contributed by atoms with Gasteiger partial charge >= 0.3 is 0 Å². The molecule has 2 aromatic rings. The van der Waals surface area contributed by atoms with Gasteiger partial charge in [0.15, 0.2) is 6.61 Å². The average molecular weight is 487 g/mol. The molecule has 8 nitrogen and oxygen atoms in total. The van der Waals surface area contributed by atoms with Crippen LogP contribution in [0.15, 0.2) is 48.5 Å². The molecular formula is C26H31FN2O6. The Kier molecular flexibility index (Phi) is 8.20. The van der Waals surface area contributed by atoms with E-state index in [1.165, 1.54) is 24.3 Å². The van der Waals surface area contributed by atoms with Gasteiger partial charge in [-0.2, -0.15) is 0 Å². The molecular weight excluding hydrogens is 455 g/mol. The first-order chi connectivity index (χ1) is 16.9. The Balaban J connectivity index is 1.45. The Bertz CT molecular complexity index is 1010. The molecule has 2 aromatic carbocycles. The number of nitrogens with zero attached hydrogens (tertiary/aromatic N) is 2. The second kappa shape index (κ2) is 11.5. The van der Waals surface area contributed by atoms with E-state index in [9.17, 15) is 14.0 Å². The fourth-order valence-corrected chi connectivity index (χ4v) is 4.20. The van der Waals surface area contributed by atoms with E-state index in [1.807, 2.05) is 31.2 Å². The van der Waals surface area contributed by atoms with Crippen molar-refractivity contribution in [1.29, 1.82) is 0 Å². The third-order valence-electron chi connectivity index (χ3n) is 6.20. The van der Waals surface area contributed by atoms with Crippen molar-refractivity contribution >= 4 is 11.8 Å². The van der Waals surface area contributed by atoms with E-state index in [1.54, 1.807) is 9.80 Å². The second-order valence-electron chi connectivity index (χ2n) is 8.81. The fourth-order valence-electron chi connectivity index (χ4n) is 4.20. The maximum Gasteiger partial charge on any atom is 0.260 e. The van der Waals surface area contributed by atoms with E-state index in [2.05, 4.69) is 0 Å². The molecule has 2 aliphatic rings. The lowest BCUT2D eigenvalue weighted by atomic mass is 9.96. The molecule has 0 radical (unpaired) electrons. The zero-order valence-corrected chi connectivity index (χ0v) is 19.9. The minimum atomic E-state index is -1.04. The van der Waals surface area contributed by atoms with Crippen LogP contribution in [0.5, 0.6) is 11.5 Å². The minimum absolute atomic E-state index is 0.0388. The van der Waals surface area contributed by atoms with Crippen LogP contribution in [0.3, 0.4) is 0 Å². The van der Waals surface area contributed by atoms with Crippen LogP contribution in [-0.2, 0) is 19.1 Å². The van der Waals surface area contributed by atoms with Gasteiger partial charge in [0, 0.05) is 19.6 Å². The van der Waals surface area contributed by atoms with Crippen molar-refractivity contribution < 1.29 is 32.9 Å². The van der Waals surface area contributed by atoms with Crippen molar-refractivity contribution in [3.8, 4) is 11.5 Å². The molecule has 0 unspecified atom stereocenters. The van der Waals surface area contributed by atoms with Crippen LogP contribution >= 0.6 is 0 Å². The maximum absolute atomic E-state index is 13.3. The van der Waals surface area contributed by atoms with E-state index in [0.717, 1.165) is 5.56 Å². The fraction of sp³-hybridized carbons (Fsp3) is 0.462. The summed E-state index contributed by atoms with van der Waals surface area (Å²) in [4.78, 5) is 29.5. The molecule has 35 heavy (non-hydrogen) atoms. The number of rotatable bonds is 8. The van der Waals surface area contributed by atoms with Crippen LogP contribution in [0.2, 0.25) is 0 Å². The van der Waals surface area contributed by atoms with Gasteiger partial charge in [-0.25, -0.2) is 4.39 Å². The largest absolute Gasteiger partial charge is 0.490 e. The molecule has 2 saturated heterocycles. The summed E-state index contributed by atoms with van der Waals surface area (Å²) in [6.45, 7) is 4.69. The molecule has 2 aliphatic heterocycles. The summed E-state index contributed by atoms with van der Waals surface area (Å²) in [6.07, 6.45) is 0.0522. The topological polar surface area (TPSA) is 77.5 Å². The van der Waals surface area contributed by atoms with Gasteiger partial charge in [-0.1, -0.05) is 18.2 Å². The number of carbonyl (C=O) groups excluding carboxylic acids is 2. The number of benzene rings is 2. The van der Waals surface area contributed by atoms with Crippen molar-refractivity contribution in [3.63, 3.8) is 0 Å². The third kappa shape index (κ3) is 6.70. The standard InChI is InChI=1S/C26H31FN2O6/c1-20-4-2-3-5-23(20)33-17-25(31)29-12-15-35-26(18-29,16-24(30)28-10-13-32-14-11-28)19-34-22-8-6-21(27)7-9-22/h2-9H,10-19H2,1H3/t26-/m1/s1. The van der Waals surface area contributed by atoms with E-state index < -0.39 is 5.60 Å². The molecule has 0 aliphatic carbocycles. The average Bonchev–Trinajstić information content (AvgIpc) is 2.88. The highest BCUT2D eigenvalue weighted by atomic mass is 19.1. The van der Waals surface area contributed by atoms with Crippen molar-refractivity contribution in [3.05, 3.63) is 59.9 Å². The van der Waals surface area contributed by atoms with Crippen LogP contribution in [0.4, 0.5) is 4.39 Å². The molecule has 0 spiro atoms. The predicted molar refractivity (Wildman–Crippen MR) is 126 cm³/mol. The first-order valence-electron chi connectivity index (χ1n) is 11.8. The number of carbonyl (C=O) groups is 2. The zero-order valence-electron chi connectivity index (χ0n) is 19.9. The molecule has 0 aromatic heterocycles. The SMILES string of the molecule is Cc1ccccc1OCC(=O)N1CCO[C@](COc2ccc(F)cc2)(CC(=O)N2CCOCC2)C1. The summed E-state index contributed by atoms with van der Waals surface area (Å²) < 4.78 is 36.4. The van der Waals surface area contributed by atoms with Gasteiger partial charge in [0.2, 0.25) is 5.91 Å². The molecule has 1 atom stereocenters. The van der Waals surface area contributed by atoms with Crippen molar-refractivity contribution in [2.24, 2.45) is 0 Å². The first kappa shape index (κ1) is 24.9. The Morgan fingerprint density at radius 3 is 2.40 bits per heavy atom. The third-order valence-corrected chi connectivity index (χ3v) is 6.20. The Morgan fingerprint density at radius 2 is 1.66 bits per heavy atom. The maximum atomic E-state index is 13.3.